The number of hydrogen-bond acceptors (Lipinski definition) is 2. The molecule has 0 aromatic carbocycles. The summed E-state index contributed by atoms with van der Waals surface area (Å²) >= 11 is 0. The van der Waals surface area contributed by atoms with Crippen LogP contribution in [0.4, 0.5) is 4.39 Å². The van der Waals surface area contributed by atoms with Crippen molar-refractivity contribution in [3.63, 3.8) is 0 Å². The second-order valence-corrected chi connectivity index (χ2v) is 3.91. The molecule has 0 saturated carbocycles. The summed E-state index contributed by atoms with van der Waals surface area (Å²) in [5.74, 6) is -1.39. The minimum atomic E-state index is -2.34. The van der Waals surface area contributed by atoms with E-state index in [1.165, 1.54) is 4.90 Å². The van der Waals surface area contributed by atoms with Gasteiger partial charge in [-0.2, -0.15) is 0 Å². The highest BCUT2D eigenvalue weighted by molar-refractivity contribution is 6.07. The van der Waals surface area contributed by atoms with Gasteiger partial charge in [0.15, 0.2) is 5.78 Å². The lowest BCUT2D eigenvalue weighted by Crippen LogP contribution is -2.50. The van der Waals surface area contributed by atoms with Gasteiger partial charge >= 0.3 is 0 Å². The molecule has 14 heavy (non-hydrogen) atoms. The maximum absolute atomic E-state index is 13.7. The van der Waals surface area contributed by atoms with Gasteiger partial charge in [-0.05, 0) is 33.1 Å². The second kappa shape index (κ2) is 4.07. The minimum absolute atomic E-state index is 0.575. The van der Waals surface area contributed by atoms with Crippen LogP contribution in [0, 0.1) is 0 Å². The quantitative estimate of drug-likeness (QED) is 0.632. The summed E-state index contributed by atoms with van der Waals surface area (Å²) in [6, 6.07) is 0. The van der Waals surface area contributed by atoms with Crippen molar-refractivity contribution >= 4 is 11.7 Å². The van der Waals surface area contributed by atoms with Crippen molar-refractivity contribution in [1.82, 2.24) is 4.90 Å². The Morgan fingerprint density at radius 2 is 1.71 bits per heavy atom. The van der Waals surface area contributed by atoms with Gasteiger partial charge in [0.25, 0.3) is 5.91 Å². The van der Waals surface area contributed by atoms with Crippen molar-refractivity contribution in [1.29, 1.82) is 0 Å². The molecule has 0 aliphatic carbocycles. The summed E-state index contributed by atoms with van der Waals surface area (Å²) in [5, 5.41) is 0. The van der Waals surface area contributed by atoms with Gasteiger partial charge in [-0.15, -0.1) is 0 Å². The van der Waals surface area contributed by atoms with Crippen molar-refractivity contribution in [2.75, 3.05) is 13.1 Å². The Kier molecular flexibility index (Phi) is 3.24. The summed E-state index contributed by atoms with van der Waals surface area (Å²) < 4.78 is 13.7. The van der Waals surface area contributed by atoms with E-state index in [9.17, 15) is 14.0 Å². The number of carbonyl (C=O) groups excluding carboxylic acids is 2. The Morgan fingerprint density at radius 3 is 2.14 bits per heavy atom. The van der Waals surface area contributed by atoms with Crippen LogP contribution >= 0.6 is 0 Å². The Balaban J connectivity index is 2.67. The first-order valence-corrected chi connectivity index (χ1v) is 4.95. The Morgan fingerprint density at radius 1 is 1.21 bits per heavy atom. The van der Waals surface area contributed by atoms with E-state index in [0.717, 1.165) is 33.1 Å². The number of ketones is 1. The summed E-state index contributed by atoms with van der Waals surface area (Å²) in [6.45, 7) is 3.31. The lowest BCUT2D eigenvalue weighted by Gasteiger charge is -2.30. The molecule has 0 aromatic rings. The largest absolute Gasteiger partial charge is 0.340 e. The summed E-state index contributed by atoms with van der Waals surface area (Å²) in [5.41, 5.74) is -2.34. The molecule has 0 radical (unpaired) electrons. The molecule has 0 bridgehead atoms. The highest BCUT2D eigenvalue weighted by atomic mass is 19.1. The van der Waals surface area contributed by atoms with Crippen LogP contribution in [0.25, 0.3) is 0 Å². The number of halogens is 1. The lowest BCUT2D eigenvalue weighted by atomic mass is 10.0. The first-order valence-electron chi connectivity index (χ1n) is 4.95. The smallest absolute Gasteiger partial charge is 0.267 e. The van der Waals surface area contributed by atoms with E-state index in [-0.39, 0.29) is 0 Å². The number of Topliss-reactive ketones (excluding diaryl/α,β-unsaturated/α-hetero) is 1. The molecule has 1 saturated heterocycles. The number of hydrogen-bond donors (Lipinski definition) is 0. The molecule has 0 N–H and O–H groups in total. The van der Waals surface area contributed by atoms with Crippen molar-refractivity contribution in [3.05, 3.63) is 0 Å². The fourth-order valence-corrected chi connectivity index (χ4v) is 1.54. The predicted octanol–water partition coefficient (Wildman–Crippen LogP) is 1.32. The van der Waals surface area contributed by atoms with Gasteiger partial charge in [0, 0.05) is 13.1 Å². The molecule has 0 aromatic heterocycles. The van der Waals surface area contributed by atoms with Crippen LogP contribution in [0.3, 0.4) is 0 Å². The summed E-state index contributed by atoms with van der Waals surface area (Å²) in [4.78, 5) is 24.0. The third-order valence-corrected chi connectivity index (χ3v) is 2.71. The molecule has 0 spiro atoms. The van der Waals surface area contributed by atoms with Crippen LogP contribution in [-0.4, -0.2) is 35.3 Å². The van der Waals surface area contributed by atoms with E-state index in [2.05, 4.69) is 0 Å². The van der Waals surface area contributed by atoms with Crippen LogP contribution in [0.5, 0.6) is 0 Å². The number of amides is 1. The number of piperidine rings is 1. The van der Waals surface area contributed by atoms with Crippen LogP contribution in [0.15, 0.2) is 0 Å². The zero-order chi connectivity index (χ0) is 10.8. The van der Waals surface area contributed by atoms with E-state index in [0.29, 0.717) is 13.1 Å². The zero-order valence-corrected chi connectivity index (χ0v) is 8.68. The first-order chi connectivity index (χ1) is 6.46. The van der Waals surface area contributed by atoms with Gasteiger partial charge in [-0.3, -0.25) is 9.59 Å². The van der Waals surface area contributed by atoms with Gasteiger partial charge in [0.05, 0.1) is 0 Å². The van der Waals surface area contributed by atoms with Gasteiger partial charge < -0.3 is 4.90 Å². The van der Waals surface area contributed by atoms with E-state index >= 15 is 0 Å². The Hall–Kier alpha value is -0.930. The maximum Gasteiger partial charge on any atom is 0.267 e. The van der Waals surface area contributed by atoms with Gasteiger partial charge in [0.1, 0.15) is 0 Å². The molecule has 1 heterocycles. The average Bonchev–Trinajstić information content (AvgIpc) is 2.17. The molecule has 1 aliphatic rings. The van der Waals surface area contributed by atoms with E-state index in [1.54, 1.807) is 0 Å². The summed E-state index contributed by atoms with van der Waals surface area (Å²) in [6.07, 6.45) is 2.88. The second-order valence-electron chi connectivity index (χ2n) is 3.91. The Labute approximate surface area is 83.3 Å². The minimum Gasteiger partial charge on any atom is -0.340 e. The molecule has 1 amide bonds. The van der Waals surface area contributed by atoms with Crippen LogP contribution in [0.2, 0.25) is 0 Å². The molecule has 1 atom stereocenters. The number of likely N-dealkylation sites (tertiary alicyclic amines) is 1. The van der Waals surface area contributed by atoms with E-state index in [4.69, 9.17) is 0 Å². The number of nitrogens with zero attached hydrogens (tertiary/aromatic N) is 1. The average molecular weight is 201 g/mol. The molecule has 1 aliphatic heterocycles. The Bertz CT molecular complexity index is 245. The lowest BCUT2D eigenvalue weighted by molar-refractivity contribution is -0.150. The number of carbonyl (C=O) groups is 2. The predicted molar refractivity (Wildman–Crippen MR) is 50.6 cm³/mol. The fraction of sp³-hybridized carbons (Fsp3) is 0.800. The highest BCUT2D eigenvalue weighted by Gasteiger charge is 2.41. The maximum atomic E-state index is 13.7. The van der Waals surface area contributed by atoms with Crippen molar-refractivity contribution < 1.29 is 14.0 Å². The molecular weight excluding hydrogens is 185 g/mol. The number of alkyl halides is 1. The molecular formula is C10H16FNO2. The third-order valence-electron chi connectivity index (χ3n) is 2.71. The molecule has 4 heteroatoms. The zero-order valence-electron chi connectivity index (χ0n) is 8.68. The molecule has 80 valence electrons. The molecule has 1 fully saturated rings. The normalized spacial score (nSPS) is 21.5. The van der Waals surface area contributed by atoms with Gasteiger partial charge in [-0.25, -0.2) is 4.39 Å². The van der Waals surface area contributed by atoms with Crippen LogP contribution < -0.4 is 0 Å². The van der Waals surface area contributed by atoms with Gasteiger partial charge in [0.2, 0.25) is 5.67 Å². The molecule has 1 rings (SSSR count). The first kappa shape index (κ1) is 11.1. The van der Waals surface area contributed by atoms with Crippen molar-refractivity contribution in [2.24, 2.45) is 0 Å². The van der Waals surface area contributed by atoms with Crippen LogP contribution in [-0.2, 0) is 9.59 Å². The molecule has 3 nitrogen and oxygen atoms in total. The van der Waals surface area contributed by atoms with Crippen LogP contribution in [0.1, 0.15) is 33.1 Å². The standard InChI is InChI=1S/C10H16FNO2/c1-8(13)10(2,11)9(14)12-6-4-3-5-7-12/h3-7H2,1-2H3. The van der Waals surface area contributed by atoms with E-state index in [1.807, 2.05) is 0 Å². The summed E-state index contributed by atoms with van der Waals surface area (Å²) in [7, 11) is 0. The highest BCUT2D eigenvalue weighted by Crippen LogP contribution is 2.19. The number of rotatable bonds is 2. The van der Waals surface area contributed by atoms with E-state index < -0.39 is 17.4 Å². The monoisotopic (exact) mass is 201 g/mol. The third kappa shape index (κ3) is 2.11. The topological polar surface area (TPSA) is 37.4 Å². The van der Waals surface area contributed by atoms with Gasteiger partial charge in [-0.1, -0.05) is 0 Å². The van der Waals surface area contributed by atoms with Crippen molar-refractivity contribution in [3.8, 4) is 0 Å². The fourth-order valence-electron chi connectivity index (χ4n) is 1.54. The van der Waals surface area contributed by atoms with Crippen molar-refractivity contribution in [2.45, 2.75) is 38.8 Å². The SMILES string of the molecule is CC(=O)C(C)(F)C(=O)N1CCCCC1. The molecule has 1 unspecified atom stereocenters.